The highest BCUT2D eigenvalue weighted by atomic mass is 32.1. The molecule has 0 aliphatic carbocycles. The summed E-state index contributed by atoms with van der Waals surface area (Å²) in [6.45, 7) is 0. The summed E-state index contributed by atoms with van der Waals surface area (Å²) < 4.78 is 0. The molecule has 2 aromatic carbocycles. The Bertz CT molecular complexity index is 461. The van der Waals surface area contributed by atoms with Crippen molar-refractivity contribution in [3.8, 4) is 0 Å². The van der Waals surface area contributed by atoms with Gasteiger partial charge in [0.1, 0.15) is 6.23 Å². The molecule has 1 atom stereocenters. The van der Waals surface area contributed by atoms with Gasteiger partial charge in [0.05, 0.1) is 0 Å². The zero-order valence-electron chi connectivity index (χ0n) is 9.38. The largest absolute Gasteiger partial charge is 0.373 e. The molecular weight excluding hydrogens is 230 g/mol. The Morgan fingerprint density at radius 1 is 1.06 bits per heavy atom. The van der Waals surface area contributed by atoms with E-state index in [2.05, 4.69) is 17.9 Å². The van der Waals surface area contributed by atoms with Gasteiger partial charge in [-0.1, -0.05) is 30.3 Å². The second-order valence-electron chi connectivity index (χ2n) is 3.90. The lowest BCUT2D eigenvalue weighted by atomic mass is 10.1. The molecule has 0 bridgehead atoms. The third-order valence-corrected chi connectivity index (χ3v) is 2.77. The first-order chi connectivity index (χ1) is 8.24. The van der Waals surface area contributed by atoms with Crippen LogP contribution in [0, 0.1) is 0 Å². The minimum absolute atomic E-state index is 0. The first-order valence-electron chi connectivity index (χ1n) is 5.51. The van der Waals surface area contributed by atoms with Crippen molar-refractivity contribution < 1.29 is 6.53 Å². The van der Waals surface area contributed by atoms with E-state index in [1.165, 1.54) is 0 Å². The Balaban J connectivity index is 0.00000162. The number of benzene rings is 2. The molecule has 0 spiro atoms. The van der Waals surface area contributed by atoms with Crippen molar-refractivity contribution >= 4 is 18.3 Å². The Morgan fingerprint density at radius 3 is 2.35 bits per heavy atom. The molecule has 0 aliphatic heterocycles. The summed E-state index contributed by atoms with van der Waals surface area (Å²) in [6.07, 6.45) is 0.00637. The fourth-order valence-electron chi connectivity index (χ4n) is 1.64. The van der Waals surface area contributed by atoms with Crippen LogP contribution in [0.3, 0.4) is 0 Å². The molecule has 0 aromatic heterocycles. The lowest BCUT2D eigenvalue weighted by Gasteiger charge is -2.14. The molecular formula is C14H17NOS. The highest BCUT2D eigenvalue weighted by Crippen LogP contribution is 2.13. The number of aliphatic hydroxyl groups excluding tert-OH is 1. The molecule has 0 radical (unpaired) electrons. The molecule has 1 unspecified atom stereocenters. The quantitative estimate of drug-likeness (QED) is 0.572. The van der Waals surface area contributed by atoms with Crippen LogP contribution >= 0.6 is 12.6 Å². The topological polar surface area (TPSA) is 32.3 Å². The Labute approximate surface area is 108 Å². The second-order valence-corrected chi connectivity index (χ2v) is 4.41. The normalized spacial score (nSPS) is 12.1. The van der Waals surface area contributed by atoms with Gasteiger partial charge in [-0.3, -0.25) is 0 Å². The lowest BCUT2D eigenvalue weighted by molar-refractivity contribution is 0.204. The number of hydrogen-bond acceptors (Lipinski definition) is 3. The zero-order chi connectivity index (χ0) is 12.1. The molecule has 90 valence electrons. The third kappa shape index (κ3) is 3.80. The van der Waals surface area contributed by atoms with E-state index in [0.29, 0.717) is 6.42 Å². The Kier molecular flexibility index (Phi) is 4.07. The standard InChI is InChI=1S/C14H15NOS.H2/c16-14(10-11-4-2-1-3-5-11)15-12-6-8-13(17)9-7-12;/h1-9,14-17H,10H2;1H. The van der Waals surface area contributed by atoms with Gasteiger partial charge in [0, 0.05) is 18.4 Å². The number of anilines is 1. The average Bonchev–Trinajstić information content (AvgIpc) is 2.33. The molecule has 3 heteroatoms. The van der Waals surface area contributed by atoms with Crippen molar-refractivity contribution in [3.63, 3.8) is 0 Å². The predicted molar refractivity (Wildman–Crippen MR) is 75.6 cm³/mol. The van der Waals surface area contributed by atoms with Gasteiger partial charge in [-0.15, -0.1) is 12.6 Å². The van der Waals surface area contributed by atoms with E-state index in [4.69, 9.17) is 0 Å². The van der Waals surface area contributed by atoms with Crippen LogP contribution in [0.1, 0.15) is 6.99 Å². The van der Waals surface area contributed by atoms with Gasteiger partial charge in [-0.05, 0) is 29.8 Å². The Morgan fingerprint density at radius 2 is 1.71 bits per heavy atom. The molecule has 17 heavy (non-hydrogen) atoms. The molecule has 0 aliphatic rings. The summed E-state index contributed by atoms with van der Waals surface area (Å²) in [5, 5.41) is 12.9. The number of rotatable bonds is 4. The van der Waals surface area contributed by atoms with Crippen molar-refractivity contribution in [2.24, 2.45) is 0 Å². The number of nitrogens with one attached hydrogen (secondary N) is 1. The fourth-order valence-corrected chi connectivity index (χ4v) is 1.79. The number of aliphatic hydroxyl groups is 1. The van der Waals surface area contributed by atoms with Crippen molar-refractivity contribution in [3.05, 3.63) is 60.2 Å². The summed E-state index contributed by atoms with van der Waals surface area (Å²) in [4.78, 5) is 0.910. The van der Waals surface area contributed by atoms with Gasteiger partial charge in [-0.25, -0.2) is 0 Å². The maximum absolute atomic E-state index is 9.90. The molecule has 0 saturated heterocycles. The Hall–Kier alpha value is -1.45. The van der Waals surface area contributed by atoms with Gasteiger partial charge in [0.2, 0.25) is 0 Å². The molecule has 0 amide bonds. The zero-order valence-corrected chi connectivity index (χ0v) is 10.3. The first-order valence-corrected chi connectivity index (χ1v) is 5.96. The third-order valence-electron chi connectivity index (χ3n) is 2.47. The lowest BCUT2D eigenvalue weighted by Crippen LogP contribution is -2.21. The van der Waals surface area contributed by atoms with Crippen molar-refractivity contribution in [1.82, 2.24) is 0 Å². The summed E-state index contributed by atoms with van der Waals surface area (Å²) in [7, 11) is 0. The first kappa shape index (κ1) is 12.0. The van der Waals surface area contributed by atoms with Gasteiger partial charge < -0.3 is 10.4 Å². The molecule has 2 nitrogen and oxygen atoms in total. The smallest absolute Gasteiger partial charge is 0.128 e. The van der Waals surface area contributed by atoms with Crippen LogP contribution < -0.4 is 5.32 Å². The fraction of sp³-hybridized carbons (Fsp3) is 0.143. The molecule has 2 N–H and O–H groups in total. The summed E-state index contributed by atoms with van der Waals surface area (Å²) in [5.74, 6) is 0. The summed E-state index contributed by atoms with van der Waals surface area (Å²) >= 11 is 4.21. The van der Waals surface area contributed by atoms with Crippen LogP contribution in [0.2, 0.25) is 0 Å². The van der Waals surface area contributed by atoms with E-state index in [1.54, 1.807) is 0 Å². The van der Waals surface area contributed by atoms with E-state index < -0.39 is 6.23 Å². The van der Waals surface area contributed by atoms with Crippen LogP contribution in [-0.4, -0.2) is 11.3 Å². The predicted octanol–water partition coefficient (Wildman–Crippen LogP) is 3.19. The summed E-state index contributed by atoms with van der Waals surface area (Å²) in [5.41, 5.74) is 2.00. The number of hydrogen-bond donors (Lipinski definition) is 3. The van der Waals surface area contributed by atoms with Crippen LogP contribution in [-0.2, 0) is 6.42 Å². The maximum Gasteiger partial charge on any atom is 0.128 e. The second kappa shape index (κ2) is 5.75. The van der Waals surface area contributed by atoms with Crippen LogP contribution in [0.25, 0.3) is 0 Å². The number of thiol groups is 1. The van der Waals surface area contributed by atoms with E-state index in [1.807, 2.05) is 54.6 Å². The monoisotopic (exact) mass is 247 g/mol. The van der Waals surface area contributed by atoms with Crippen molar-refractivity contribution in [2.75, 3.05) is 5.32 Å². The molecule has 0 heterocycles. The van der Waals surface area contributed by atoms with Gasteiger partial charge in [0.25, 0.3) is 0 Å². The van der Waals surface area contributed by atoms with Gasteiger partial charge in [0.15, 0.2) is 0 Å². The van der Waals surface area contributed by atoms with E-state index in [0.717, 1.165) is 16.1 Å². The van der Waals surface area contributed by atoms with Gasteiger partial charge in [-0.2, -0.15) is 0 Å². The van der Waals surface area contributed by atoms with E-state index >= 15 is 0 Å². The van der Waals surface area contributed by atoms with Crippen LogP contribution in [0.4, 0.5) is 5.69 Å². The minimum atomic E-state index is -0.580. The van der Waals surface area contributed by atoms with Crippen LogP contribution in [0.15, 0.2) is 59.5 Å². The van der Waals surface area contributed by atoms with Crippen LogP contribution in [0.5, 0.6) is 0 Å². The van der Waals surface area contributed by atoms with Gasteiger partial charge >= 0.3 is 0 Å². The average molecular weight is 247 g/mol. The molecule has 0 saturated carbocycles. The summed E-state index contributed by atoms with van der Waals surface area (Å²) in [6, 6.07) is 17.5. The SMILES string of the molecule is OC(Cc1ccccc1)Nc1ccc(S)cc1.[HH]. The van der Waals surface area contributed by atoms with E-state index in [9.17, 15) is 5.11 Å². The maximum atomic E-state index is 9.90. The molecule has 0 fully saturated rings. The van der Waals surface area contributed by atoms with E-state index in [-0.39, 0.29) is 1.43 Å². The molecule has 2 aromatic rings. The highest BCUT2D eigenvalue weighted by molar-refractivity contribution is 7.80. The highest BCUT2D eigenvalue weighted by Gasteiger charge is 2.04. The van der Waals surface area contributed by atoms with Crippen molar-refractivity contribution in [1.29, 1.82) is 0 Å². The molecule has 2 rings (SSSR count). The van der Waals surface area contributed by atoms with Crippen molar-refractivity contribution in [2.45, 2.75) is 17.5 Å². The minimum Gasteiger partial charge on any atom is -0.373 e.